The smallest absolute Gasteiger partial charge is 0.226 e. The van der Waals surface area contributed by atoms with Crippen LogP contribution >= 0.6 is 23.8 Å². The van der Waals surface area contributed by atoms with Crippen LogP contribution < -0.4 is 15.4 Å². The summed E-state index contributed by atoms with van der Waals surface area (Å²) in [6.07, 6.45) is 1.97. The number of benzene rings is 2. The minimum Gasteiger partial charge on any atom is -0.506 e. The molecule has 0 radical (unpaired) electrons. The van der Waals surface area contributed by atoms with E-state index in [0.29, 0.717) is 33.8 Å². The molecule has 1 aliphatic heterocycles. The number of hydrogen-bond donors (Lipinski definition) is 3. The molecule has 0 bridgehead atoms. The van der Waals surface area contributed by atoms with Crippen LogP contribution in [0.4, 0.5) is 5.69 Å². The van der Waals surface area contributed by atoms with Crippen LogP contribution in [0.5, 0.6) is 11.5 Å². The zero-order chi connectivity index (χ0) is 28.4. The number of carbonyl (C=O) groups excluding carboxylic acids is 1. The maximum absolute atomic E-state index is 13.0. The summed E-state index contributed by atoms with van der Waals surface area (Å²) in [4.78, 5) is 19.7. The molecule has 0 saturated carbocycles. The third-order valence-electron chi connectivity index (χ3n) is 7.13. The van der Waals surface area contributed by atoms with Crippen molar-refractivity contribution in [2.75, 3.05) is 19.0 Å². The third-order valence-corrected chi connectivity index (χ3v) is 7.71. The molecule has 10 heteroatoms. The molecule has 1 amide bonds. The fourth-order valence-corrected chi connectivity index (χ4v) is 5.80. The topological polar surface area (TPSA) is 91.7 Å². The number of ether oxygens (including phenoxy) is 1. The molecule has 1 aliphatic rings. The first kappa shape index (κ1) is 27.5. The summed E-state index contributed by atoms with van der Waals surface area (Å²) in [5.41, 5.74) is 4.91. The third kappa shape index (κ3) is 5.35. The number of aromatic nitrogens is 2. The summed E-state index contributed by atoms with van der Waals surface area (Å²) >= 11 is 12.1. The van der Waals surface area contributed by atoms with E-state index in [-0.39, 0.29) is 30.2 Å². The fourth-order valence-electron chi connectivity index (χ4n) is 5.30. The van der Waals surface area contributed by atoms with Crippen molar-refractivity contribution < 1.29 is 14.6 Å². The molecular formula is C30H30ClN5O3S. The molecule has 0 aliphatic carbocycles. The van der Waals surface area contributed by atoms with E-state index >= 15 is 0 Å². The van der Waals surface area contributed by atoms with Crippen LogP contribution in [0.1, 0.15) is 41.1 Å². The first-order chi connectivity index (χ1) is 19.3. The summed E-state index contributed by atoms with van der Waals surface area (Å²) < 4.78 is 7.35. The number of amides is 1. The van der Waals surface area contributed by atoms with Gasteiger partial charge in [0.15, 0.2) is 5.11 Å². The number of nitrogens with zero attached hydrogens (tertiary/aromatic N) is 3. The number of aryl methyl sites for hydroxylation is 1. The monoisotopic (exact) mass is 575 g/mol. The van der Waals surface area contributed by atoms with Crippen molar-refractivity contribution in [2.24, 2.45) is 0 Å². The lowest BCUT2D eigenvalue weighted by atomic mass is 9.96. The maximum atomic E-state index is 13.0. The largest absolute Gasteiger partial charge is 0.506 e. The van der Waals surface area contributed by atoms with Crippen molar-refractivity contribution in [3.63, 3.8) is 0 Å². The normalized spacial score (nSPS) is 16.6. The number of pyridine rings is 1. The number of para-hydroxylation sites is 2. The van der Waals surface area contributed by atoms with Crippen LogP contribution in [0, 0.1) is 13.8 Å². The average Bonchev–Trinajstić information content (AvgIpc) is 3.43. The predicted molar refractivity (Wildman–Crippen MR) is 160 cm³/mol. The van der Waals surface area contributed by atoms with Crippen LogP contribution in [0.15, 0.2) is 72.9 Å². The molecule has 2 aromatic carbocycles. The zero-order valence-corrected chi connectivity index (χ0v) is 24.0. The Bertz CT molecular complexity index is 1560. The molecule has 2 aromatic heterocycles. The van der Waals surface area contributed by atoms with Crippen molar-refractivity contribution in [1.29, 1.82) is 0 Å². The molecule has 1 fully saturated rings. The highest BCUT2D eigenvalue weighted by atomic mass is 35.5. The number of rotatable bonds is 8. The maximum Gasteiger partial charge on any atom is 0.226 e. The number of methoxy groups -OCH3 is 1. The van der Waals surface area contributed by atoms with Crippen LogP contribution in [-0.4, -0.2) is 44.2 Å². The first-order valence-electron chi connectivity index (χ1n) is 12.9. The van der Waals surface area contributed by atoms with E-state index in [1.807, 2.05) is 53.6 Å². The van der Waals surface area contributed by atoms with Crippen molar-refractivity contribution in [3.05, 3.63) is 101 Å². The van der Waals surface area contributed by atoms with E-state index in [0.717, 1.165) is 22.6 Å². The Balaban J connectivity index is 1.49. The Hall–Kier alpha value is -4.08. The number of carbonyl (C=O) groups is 1. The summed E-state index contributed by atoms with van der Waals surface area (Å²) in [6.45, 7) is 4.37. The summed E-state index contributed by atoms with van der Waals surface area (Å²) in [7, 11) is 1.57. The van der Waals surface area contributed by atoms with Crippen molar-refractivity contribution in [2.45, 2.75) is 32.4 Å². The van der Waals surface area contributed by atoms with Crippen LogP contribution in [-0.2, 0) is 4.79 Å². The molecule has 8 nitrogen and oxygen atoms in total. The first-order valence-corrected chi connectivity index (χ1v) is 13.7. The fraction of sp³-hybridized carbons (Fsp3) is 0.233. The van der Waals surface area contributed by atoms with Gasteiger partial charge in [-0.25, -0.2) is 0 Å². The number of phenolic OH excluding ortho intramolecular Hbond substituents is 1. The van der Waals surface area contributed by atoms with E-state index in [9.17, 15) is 9.90 Å². The second-order valence-corrected chi connectivity index (χ2v) is 10.4. The lowest BCUT2D eigenvalue weighted by Crippen LogP contribution is -2.33. The highest BCUT2D eigenvalue weighted by Gasteiger charge is 2.41. The van der Waals surface area contributed by atoms with E-state index in [4.69, 9.17) is 28.6 Å². The quantitative estimate of drug-likeness (QED) is 0.227. The number of nitrogens with one attached hydrogen (secondary N) is 2. The SMILES string of the molecule is COc1ccccc1NC(=O)CCN1C(=S)NC(c2ccccn2)C1c1cc(C)n(-c2cc(Cl)ccc2O)c1C. The van der Waals surface area contributed by atoms with E-state index < -0.39 is 0 Å². The Morgan fingerprint density at radius 2 is 1.93 bits per heavy atom. The molecule has 2 unspecified atom stereocenters. The van der Waals surface area contributed by atoms with Gasteiger partial charge in [0.05, 0.1) is 36.3 Å². The summed E-state index contributed by atoms with van der Waals surface area (Å²) in [6, 6.07) is 19.7. The van der Waals surface area contributed by atoms with Gasteiger partial charge in [0, 0.05) is 35.6 Å². The number of anilines is 1. The predicted octanol–water partition coefficient (Wildman–Crippen LogP) is 5.86. The number of aromatic hydroxyl groups is 1. The molecule has 4 aromatic rings. The Labute approximate surface area is 243 Å². The zero-order valence-electron chi connectivity index (χ0n) is 22.4. The molecule has 1 saturated heterocycles. The van der Waals surface area contributed by atoms with Gasteiger partial charge in [-0.1, -0.05) is 29.8 Å². The molecule has 3 N–H and O–H groups in total. The molecule has 40 heavy (non-hydrogen) atoms. The highest BCUT2D eigenvalue weighted by Crippen LogP contribution is 2.42. The second-order valence-electron chi connectivity index (χ2n) is 9.61. The van der Waals surface area contributed by atoms with Crippen LogP contribution in [0.2, 0.25) is 5.02 Å². The molecule has 0 spiro atoms. The Morgan fingerprint density at radius 3 is 2.67 bits per heavy atom. The minimum atomic E-state index is -0.247. The number of hydrogen-bond acceptors (Lipinski definition) is 5. The van der Waals surface area contributed by atoms with Gasteiger partial charge >= 0.3 is 0 Å². The molecule has 2 atom stereocenters. The van der Waals surface area contributed by atoms with Gasteiger partial charge in [0.25, 0.3) is 0 Å². The number of halogens is 1. The van der Waals surface area contributed by atoms with Gasteiger partial charge in [-0.05, 0) is 80.2 Å². The van der Waals surface area contributed by atoms with Gasteiger partial charge in [-0.15, -0.1) is 0 Å². The Morgan fingerprint density at radius 1 is 1.15 bits per heavy atom. The van der Waals surface area contributed by atoms with Gasteiger partial charge in [-0.3, -0.25) is 9.78 Å². The summed E-state index contributed by atoms with van der Waals surface area (Å²) in [5, 5.41) is 18.1. The van der Waals surface area contributed by atoms with Crippen molar-refractivity contribution in [1.82, 2.24) is 19.8 Å². The van der Waals surface area contributed by atoms with Crippen LogP contribution in [0.3, 0.4) is 0 Å². The van der Waals surface area contributed by atoms with E-state index in [1.165, 1.54) is 0 Å². The number of phenols is 1. The second kappa shape index (κ2) is 11.6. The minimum absolute atomic E-state index is 0.129. The van der Waals surface area contributed by atoms with Gasteiger partial charge in [0.1, 0.15) is 11.5 Å². The van der Waals surface area contributed by atoms with Gasteiger partial charge < -0.3 is 29.9 Å². The van der Waals surface area contributed by atoms with Crippen LogP contribution in [0.25, 0.3) is 5.69 Å². The molecular weight excluding hydrogens is 546 g/mol. The lowest BCUT2D eigenvalue weighted by Gasteiger charge is -2.28. The standard InChI is InChI=1S/C30H30ClN5O3S/c1-18-16-21(19(2)36(18)24-17-20(31)11-12-25(24)37)29-28(23-9-6-7-14-32-23)34-30(40)35(29)15-13-27(38)33-22-8-4-5-10-26(22)39-3/h4-12,14,16-17,28-29,37H,13,15H2,1-3H3,(H,33,38)(H,34,40). The Kier molecular flexibility index (Phi) is 7.95. The van der Waals surface area contributed by atoms with Crippen molar-refractivity contribution >= 4 is 40.5 Å². The van der Waals surface area contributed by atoms with Crippen molar-refractivity contribution in [3.8, 4) is 17.2 Å². The highest BCUT2D eigenvalue weighted by molar-refractivity contribution is 7.80. The molecule has 3 heterocycles. The molecule has 5 rings (SSSR count). The lowest BCUT2D eigenvalue weighted by molar-refractivity contribution is -0.116. The number of thiocarbonyl (C=S) groups is 1. The summed E-state index contributed by atoms with van der Waals surface area (Å²) in [5.74, 6) is 0.574. The molecule has 206 valence electrons. The van der Waals surface area contributed by atoms with E-state index in [1.54, 1.807) is 43.6 Å². The van der Waals surface area contributed by atoms with Gasteiger partial charge in [0.2, 0.25) is 5.91 Å². The van der Waals surface area contributed by atoms with Gasteiger partial charge in [-0.2, -0.15) is 0 Å². The van der Waals surface area contributed by atoms with E-state index in [2.05, 4.69) is 21.7 Å². The average molecular weight is 576 g/mol.